The smallest absolute Gasteiger partial charge is 0.256 e. The SMILES string of the molecule is O=C(c1cnc2c(F)cccc2c1)N1CC(F)CC1c1nn[nH]n1. The van der Waals surface area contributed by atoms with E-state index in [1.54, 1.807) is 18.2 Å². The molecule has 9 heteroatoms. The summed E-state index contributed by atoms with van der Waals surface area (Å²) in [7, 11) is 0. The number of rotatable bonds is 2. The number of halogens is 2. The molecular formula is C15H12F2N6O. The van der Waals surface area contributed by atoms with E-state index in [4.69, 9.17) is 0 Å². The van der Waals surface area contributed by atoms with Crippen molar-refractivity contribution in [1.29, 1.82) is 0 Å². The maximum Gasteiger partial charge on any atom is 0.256 e. The summed E-state index contributed by atoms with van der Waals surface area (Å²) in [5, 5.41) is 14.0. The summed E-state index contributed by atoms with van der Waals surface area (Å²) >= 11 is 0. The van der Waals surface area contributed by atoms with Crippen LogP contribution in [0.5, 0.6) is 0 Å². The highest BCUT2D eigenvalue weighted by Crippen LogP contribution is 2.32. The standard InChI is InChI=1S/C15H12F2N6O/c16-10-5-12(14-19-21-22-20-14)23(7-10)15(24)9-4-8-2-1-3-11(17)13(8)18-6-9/h1-4,6,10,12H,5,7H2,(H,19,20,21,22). The summed E-state index contributed by atoms with van der Waals surface area (Å²) in [6, 6.07) is 5.47. The summed E-state index contributed by atoms with van der Waals surface area (Å²) in [5.41, 5.74) is 0.448. The molecule has 4 rings (SSSR count). The van der Waals surface area contributed by atoms with Crippen molar-refractivity contribution in [2.45, 2.75) is 18.6 Å². The predicted molar refractivity (Wildman–Crippen MR) is 79.2 cm³/mol. The van der Waals surface area contributed by atoms with Gasteiger partial charge in [-0.3, -0.25) is 9.78 Å². The number of carbonyl (C=O) groups excluding carboxylic acids is 1. The third-order valence-electron chi connectivity index (χ3n) is 4.08. The molecule has 0 saturated carbocycles. The highest BCUT2D eigenvalue weighted by molar-refractivity contribution is 5.97. The molecule has 2 aromatic heterocycles. The van der Waals surface area contributed by atoms with Crippen molar-refractivity contribution in [2.24, 2.45) is 0 Å². The van der Waals surface area contributed by atoms with E-state index >= 15 is 0 Å². The van der Waals surface area contributed by atoms with Crippen molar-refractivity contribution in [3.8, 4) is 0 Å². The van der Waals surface area contributed by atoms with Crippen LogP contribution in [-0.4, -0.2) is 49.1 Å². The fourth-order valence-corrected chi connectivity index (χ4v) is 2.97. The minimum absolute atomic E-state index is 0.0563. The van der Waals surface area contributed by atoms with Gasteiger partial charge in [-0.05, 0) is 12.1 Å². The summed E-state index contributed by atoms with van der Waals surface area (Å²) in [5.74, 6) is -0.590. The molecule has 122 valence electrons. The summed E-state index contributed by atoms with van der Waals surface area (Å²) in [4.78, 5) is 18.1. The Morgan fingerprint density at radius 2 is 2.25 bits per heavy atom. The Morgan fingerprint density at radius 1 is 1.38 bits per heavy atom. The van der Waals surface area contributed by atoms with Gasteiger partial charge in [0.05, 0.1) is 18.2 Å². The number of hydrogen-bond donors (Lipinski definition) is 1. The van der Waals surface area contributed by atoms with Crippen molar-refractivity contribution in [3.05, 3.63) is 47.7 Å². The number of aromatic nitrogens is 5. The van der Waals surface area contributed by atoms with Gasteiger partial charge in [0, 0.05) is 18.0 Å². The number of para-hydroxylation sites is 1. The van der Waals surface area contributed by atoms with Crippen LogP contribution in [0.2, 0.25) is 0 Å². The quantitative estimate of drug-likeness (QED) is 0.774. The third-order valence-corrected chi connectivity index (χ3v) is 4.08. The molecule has 0 radical (unpaired) electrons. The number of carbonyl (C=O) groups is 1. The predicted octanol–water partition coefficient (Wildman–Crippen LogP) is 1.81. The van der Waals surface area contributed by atoms with Gasteiger partial charge in [-0.15, -0.1) is 10.2 Å². The zero-order valence-corrected chi connectivity index (χ0v) is 12.4. The van der Waals surface area contributed by atoms with Gasteiger partial charge >= 0.3 is 0 Å². The maximum atomic E-state index is 13.9. The van der Waals surface area contributed by atoms with Crippen molar-refractivity contribution >= 4 is 16.8 Å². The van der Waals surface area contributed by atoms with Crippen molar-refractivity contribution < 1.29 is 13.6 Å². The summed E-state index contributed by atoms with van der Waals surface area (Å²) in [6.07, 6.45) is 0.247. The van der Waals surface area contributed by atoms with E-state index < -0.39 is 23.9 Å². The fraction of sp³-hybridized carbons (Fsp3) is 0.267. The van der Waals surface area contributed by atoms with Crippen LogP contribution in [0, 0.1) is 5.82 Å². The van der Waals surface area contributed by atoms with Crippen LogP contribution < -0.4 is 0 Å². The lowest BCUT2D eigenvalue weighted by Crippen LogP contribution is -2.32. The van der Waals surface area contributed by atoms with Gasteiger partial charge in [0.1, 0.15) is 17.5 Å². The number of alkyl halides is 1. The number of hydrogen-bond acceptors (Lipinski definition) is 5. The molecule has 3 heterocycles. The number of tetrazole rings is 1. The second-order valence-electron chi connectivity index (χ2n) is 5.61. The molecule has 1 aliphatic rings. The number of pyridine rings is 1. The normalized spacial score (nSPS) is 20.7. The Kier molecular flexibility index (Phi) is 3.40. The van der Waals surface area contributed by atoms with Gasteiger partial charge in [-0.2, -0.15) is 5.21 Å². The van der Waals surface area contributed by atoms with Crippen molar-refractivity contribution in [2.75, 3.05) is 6.54 Å². The highest BCUT2D eigenvalue weighted by atomic mass is 19.1. The molecule has 2 unspecified atom stereocenters. The number of amides is 1. The zero-order chi connectivity index (χ0) is 16.7. The monoisotopic (exact) mass is 330 g/mol. The Balaban J connectivity index is 1.69. The molecule has 1 aromatic carbocycles. The van der Waals surface area contributed by atoms with Crippen molar-refractivity contribution in [3.63, 3.8) is 0 Å². The average molecular weight is 330 g/mol. The molecule has 0 aliphatic carbocycles. The first-order valence-corrected chi connectivity index (χ1v) is 7.36. The fourth-order valence-electron chi connectivity index (χ4n) is 2.97. The highest BCUT2D eigenvalue weighted by Gasteiger charge is 2.39. The molecule has 3 aromatic rings. The first-order valence-electron chi connectivity index (χ1n) is 7.36. The lowest BCUT2D eigenvalue weighted by molar-refractivity contribution is 0.0722. The number of aromatic amines is 1. The molecule has 1 aliphatic heterocycles. The first kappa shape index (κ1) is 14.6. The van der Waals surface area contributed by atoms with Crippen LogP contribution in [0.3, 0.4) is 0 Å². The average Bonchev–Trinajstić information content (AvgIpc) is 3.23. The van der Waals surface area contributed by atoms with Gasteiger partial charge in [0.15, 0.2) is 5.82 Å². The van der Waals surface area contributed by atoms with Crippen LogP contribution in [-0.2, 0) is 0 Å². The van der Waals surface area contributed by atoms with E-state index in [1.807, 2.05) is 0 Å². The maximum absolute atomic E-state index is 13.9. The molecule has 1 N–H and O–H groups in total. The molecule has 0 spiro atoms. The molecular weight excluding hydrogens is 318 g/mol. The summed E-state index contributed by atoms with van der Waals surface area (Å²) in [6.45, 7) is -0.0563. The number of H-pyrrole nitrogens is 1. The number of benzene rings is 1. The molecule has 1 saturated heterocycles. The van der Waals surface area contributed by atoms with Gasteiger partial charge in [0.25, 0.3) is 5.91 Å². The van der Waals surface area contributed by atoms with Crippen LogP contribution in [0.4, 0.5) is 8.78 Å². The minimum atomic E-state index is -1.16. The molecule has 1 amide bonds. The van der Waals surface area contributed by atoms with E-state index in [2.05, 4.69) is 25.6 Å². The summed E-state index contributed by atoms with van der Waals surface area (Å²) < 4.78 is 27.5. The van der Waals surface area contributed by atoms with E-state index in [9.17, 15) is 13.6 Å². The molecule has 24 heavy (non-hydrogen) atoms. The topological polar surface area (TPSA) is 87.7 Å². The second-order valence-corrected chi connectivity index (χ2v) is 5.61. The Hall–Kier alpha value is -2.97. The minimum Gasteiger partial charge on any atom is -0.325 e. The Labute approximate surface area is 134 Å². The number of nitrogens with zero attached hydrogens (tertiary/aromatic N) is 5. The van der Waals surface area contributed by atoms with Gasteiger partial charge in [-0.1, -0.05) is 17.3 Å². The molecule has 1 fully saturated rings. The van der Waals surface area contributed by atoms with Gasteiger partial charge in [0.2, 0.25) is 0 Å². The lowest BCUT2D eigenvalue weighted by atomic mass is 10.1. The van der Waals surface area contributed by atoms with Crippen LogP contribution >= 0.6 is 0 Å². The molecule has 7 nitrogen and oxygen atoms in total. The molecule has 2 atom stereocenters. The van der Waals surface area contributed by atoms with E-state index in [1.165, 1.54) is 17.2 Å². The van der Waals surface area contributed by atoms with Crippen LogP contribution in [0.25, 0.3) is 10.9 Å². The second kappa shape index (κ2) is 5.59. The van der Waals surface area contributed by atoms with E-state index in [0.717, 1.165) is 0 Å². The first-order chi connectivity index (χ1) is 11.6. The van der Waals surface area contributed by atoms with Crippen LogP contribution in [0.1, 0.15) is 28.6 Å². The Morgan fingerprint density at radius 3 is 3.04 bits per heavy atom. The van der Waals surface area contributed by atoms with Crippen molar-refractivity contribution in [1.82, 2.24) is 30.5 Å². The third kappa shape index (κ3) is 2.38. The number of fused-ring (bicyclic) bond motifs is 1. The number of nitrogens with one attached hydrogen (secondary N) is 1. The Bertz CT molecular complexity index is 900. The largest absolute Gasteiger partial charge is 0.325 e. The zero-order valence-electron chi connectivity index (χ0n) is 12.4. The van der Waals surface area contributed by atoms with E-state index in [-0.39, 0.29) is 29.9 Å². The molecule has 0 bridgehead atoms. The lowest BCUT2D eigenvalue weighted by Gasteiger charge is -2.21. The van der Waals surface area contributed by atoms with Gasteiger partial charge in [-0.25, -0.2) is 8.78 Å². The van der Waals surface area contributed by atoms with E-state index in [0.29, 0.717) is 5.39 Å². The van der Waals surface area contributed by atoms with Gasteiger partial charge < -0.3 is 4.90 Å². The number of likely N-dealkylation sites (tertiary alicyclic amines) is 1. The van der Waals surface area contributed by atoms with Crippen LogP contribution in [0.15, 0.2) is 30.5 Å².